The molecule has 20 heavy (non-hydrogen) atoms. The van der Waals surface area contributed by atoms with Crippen molar-refractivity contribution in [3.05, 3.63) is 48.0 Å². The van der Waals surface area contributed by atoms with Gasteiger partial charge in [-0.15, -0.1) is 0 Å². The maximum atomic E-state index is 12.4. The van der Waals surface area contributed by atoms with Crippen molar-refractivity contribution in [1.82, 2.24) is 9.55 Å². The maximum Gasteiger partial charge on any atom is 0.162 e. The average Bonchev–Trinajstić information content (AvgIpc) is 3.06. The molecule has 1 aliphatic rings. The molecule has 2 heterocycles. The van der Waals surface area contributed by atoms with Crippen LogP contribution in [0.4, 0.5) is 5.69 Å². The molecule has 0 amide bonds. The van der Waals surface area contributed by atoms with E-state index < -0.39 is 0 Å². The number of ketones is 1. The van der Waals surface area contributed by atoms with Gasteiger partial charge in [-0.3, -0.25) is 4.79 Å². The molecular weight excluding hydrogens is 250 g/mol. The second-order valence-electron chi connectivity index (χ2n) is 5.24. The molecule has 0 bridgehead atoms. The minimum atomic E-state index is -0.112. The topological polar surface area (TPSA) is 46.9 Å². The lowest BCUT2D eigenvalue weighted by Crippen LogP contribution is -2.29. The van der Waals surface area contributed by atoms with Crippen LogP contribution in [0.3, 0.4) is 0 Å². The largest absolute Gasteiger partial charge is 0.375 e. The Morgan fingerprint density at radius 3 is 3.10 bits per heavy atom. The number of anilines is 1. The van der Waals surface area contributed by atoms with Crippen LogP contribution < -0.4 is 5.32 Å². The van der Waals surface area contributed by atoms with Gasteiger partial charge in [-0.2, -0.15) is 0 Å². The zero-order valence-electron chi connectivity index (χ0n) is 11.7. The van der Waals surface area contributed by atoms with Crippen molar-refractivity contribution in [1.29, 1.82) is 0 Å². The van der Waals surface area contributed by atoms with E-state index in [2.05, 4.69) is 27.9 Å². The first kappa shape index (κ1) is 12.9. The maximum absolute atomic E-state index is 12.4. The molecule has 0 aliphatic carbocycles. The van der Waals surface area contributed by atoms with Gasteiger partial charge >= 0.3 is 0 Å². The molecule has 0 fully saturated rings. The molecule has 2 aromatic rings. The van der Waals surface area contributed by atoms with Gasteiger partial charge in [0.2, 0.25) is 0 Å². The predicted molar refractivity (Wildman–Crippen MR) is 78.8 cm³/mol. The van der Waals surface area contributed by atoms with E-state index in [9.17, 15) is 4.79 Å². The number of hydrogen-bond donors (Lipinski definition) is 1. The van der Waals surface area contributed by atoms with Crippen molar-refractivity contribution in [3.63, 3.8) is 0 Å². The summed E-state index contributed by atoms with van der Waals surface area (Å²) in [6.07, 6.45) is 5.95. The lowest BCUT2D eigenvalue weighted by atomic mass is 10.0. The van der Waals surface area contributed by atoms with Gasteiger partial charge in [0.25, 0.3) is 0 Å². The number of benzene rings is 1. The Hall–Kier alpha value is -2.10. The summed E-state index contributed by atoms with van der Waals surface area (Å²) in [5.74, 6) is 1.08. The molecule has 0 saturated carbocycles. The molecule has 1 N–H and O–H groups in total. The molecule has 1 atom stereocenters. The van der Waals surface area contributed by atoms with Crippen LogP contribution in [0.25, 0.3) is 0 Å². The van der Waals surface area contributed by atoms with Crippen molar-refractivity contribution in [3.8, 4) is 0 Å². The van der Waals surface area contributed by atoms with Crippen LogP contribution >= 0.6 is 0 Å². The van der Waals surface area contributed by atoms with Gasteiger partial charge in [0.05, 0.1) is 12.5 Å². The molecule has 3 rings (SSSR count). The molecule has 1 aromatic heterocycles. The normalized spacial score (nSPS) is 16.8. The highest BCUT2D eigenvalue weighted by Crippen LogP contribution is 2.25. The van der Waals surface area contributed by atoms with Crippen molar-refractivity contribution in [2.45, 2.75) is 38.8 Å². The molecule has 0 saturated heterocycles. The van der Waals surface area contributed by atoms with Gasteiger partial charge < -0.3 is 9.88 Å². The lowest BCUT2D eigenvalue weighted by molar-refractivity contribution is -0.119. The summed E-state index contributed by atoms with van der Waals surface area (Å²) in [5, 5.41) is 3.31. The first-order valence-electron chi connectivity index (χ1n) is 7.15. The van der Waals surface area contributed by atoms with Crippen LogP contribution in [0.15, 0.2) is 36.7 Å². The third-order valence-corrected chi connectivity index (χ3v) is 3.76. The molecule has 104 valence electrons. The molecule has 0 radical (unpaired) electrons. The SMILES string of the molecule is CCCn1ccnc1CC(=O)C1Cc2ccccc2N1. The summed E-state index contributed by atoms with van der Waals surface area (Å²) < 4.78 is 2.07. The average molecular weight is 269 g/mol. The van der Waals surface area contributed by atoms with Crippen LogP contribution in [-0.4, -0.2) is 21.4 Å². The molecule has 0 spiro atoms. The van der Waals surface area contributed by atoms with E-state index in [4.69, 9.17) is 0 Å². The third kappa shape index (κ3) is 2.46. The van der Waals surface area contributed by atoms with Crippen LogP contribution in [0.5, 0.6) is 0 Å². The smallest absolute Gasteiger partial charge is 0.162 e. The number of rotatable bonds is 5. The highest BCUT2D eigenvalue weighted by Gasteiger charge is 2.26. The predicted octanol–water partition coefficient (Wildman–Crippen LogP) is 2.44. The first-order chi connectivity index (χ1) is 9.78. The minimum absolute atomic E-state index is 0.112. The number of nitrogens with zero attached hydrogens (tertiary/aromatic N) is 2. The highest BCUT2D eigenvalue weighted by atomic mass is 16.1. The number of nitrogens with one attached hydrogen (secondary N) is 1. The molecule has 1 unspecified atom stereocenters. The number of imidazole rings is 1. The quantitative estimate of drug-likeness (QED) is 0.907. The first-order valence-corrected chi connectivity index (χ1v) is 7.15. The zero-order valence-corrected chi connectivity index (χ0v) is 11.7. The van der Waals surface area contributed by atoms with Crippen molar-refractivity contribution in [2.24, 2.45) is 0 Å². The van der Waals surface area contributed by atoms with E-state index in [1.54, 1.807) is 6.20 Å². The number of para-hydroxylation sites is 1. The summed E-state index contributed by atoms with van der Waals surface area (Å²) in [4.78, 5) is 16.7. The van der Waals surface area contributed by atoms with E-state index in [-0.39, 0.29) is 11.8 Å². The fraction of sp³-hybridized carbons (Fsp3) is 0.375. The van der Waals surface area contributed by atoms with Crippen LogP contribution in [-0.2, 0) is 24.2 Å². The Morgan fingerprint density at radius 2 is 2.30 bits per heavy atom. The van der Waals surface area contributed by atoms with Gasteiger partial charge in [-0.25, -0.2) is 4.98 Å². The Bertz CT molecular complexity index is 593. The van der Waals surface area contributed by atoms with Gasteiger partial charge in [0, 0.05) is 31.0 Å². The number of Topliss-reactive ketones (excluding diaryl/α,β-unsaturated/α-hetero) is 1. The minimum Gasteiger partial charge on any atom is -0.375 e. The number of aryl methyl sites for hydroxylation is 1. The summed E-state index contributed by atoms with van der Waals surface area (Å²) in [5.41, 5.74) is 2.31. The summed E-state index contributed by atoms with van der Waals surface area (Å²) in [6.45, 7) is 3.04. The van der Waals surface area contributed by atoms with Crippen LogP contribution in [0.1, 0.15) is 24.7 Å². The highest BCUT2D eigenvalue weighted by molar-refractivity contribution is 5.90. The standard InChI is InChI=1S/C16H19N3O/c1-2-8-19-9-7-17-16(19)11-15(20)14-10-12-5-3-4-6-13(12)18-14/h3-7,9,14,18H,2,8,10-11H2,1H3. The number of aromatic nitrogens is 2. The number of carbonyl (C=O) groups excluding carboxylic acids is 1. The van der Waals surface area contributed by atoms with E-state index in [1.807, 2.05) is 24.4 Å². The molecule has 1 aromatic carbocycles. The van der Waals surface area contributed by atoms with Crippen LogP contribution in [0, 0.1) is 0 Å². The Kier molecular flexibility index (Phi) is 3.54. The number of fused-ring (bicyclic) bond motifs is 1. The van der Waals surface area contributed by atoms with Crippen molar-refractivity contribution in [2.75, 3.05) is 5.32 Å². The second kappa shape index (κ2) is 5.49. The Balaban J connectivity index is 1.68. The summed E-state index contributed by atoms with van der Waals surface area (Å²) in [7, 11) is 0. The van der Waals surface area contributed by atoms with Gasteiger partial charge in [-0.05, 0) is 18.1 Å². The van der Waals surface area contributed by atoms with E-state index in [0.717, 1.165) is 30.9 Å². The van der Waals surface area contributed by atoms with Crippen molar-refractivity contribution < 1.29 is 4.79 Å². The monoisotopic (exact) mass is 269 g/mol. The van der Waals surface area contributed by atoms with Gasteiger partial charge in [-0.1, -0.05) is 25.1 Å². The van der Waals surface area contributed by atoms with Gasteiger partial charge in [0.1, 0.15) is 5.82 Å². The fourth-order valence-electron chi connectivity index (χ4n) is 2.72. The molecule has 1 aliphatic heterocycles. The van der Waals surface area contributed by atoms with E-state index in [0.29, 0.717) is 6.42 Å². The molecule has 4 heteroatoms. The summed E-state index contributed by atoms with van der Waals surface area (Å²) >= 11 is 0. The van der Waals surface area contributed by atoms with Crippen molar-refractivity contribution >= 4 is 11.5 Å². The molecule has 4 nitrogen and oxygen atoms in total. The number of carbonyl (C=O) groups is 1. The third-order valence-electron chi connectivity index (χ3n) is 3.76. The van der Waals surface area contributed by atoms with E-state index in [1.165, 1.54) is 5.56 Å². The fourth-order valence-corrected chi connectivity index (χ4v) is 2.72. The zero-order chi connectivity index (χ0) is 13.9. The molecular formula is C16H19N3O. The lowest BCUT2D eigenvalue weighted by Gasteiger charge is -2.11. The summed E-state index contributed by atoms with van der Waals surface area (Å²) in [6, 6.07) is 8.00. The van der Waals surface area contributed by atoms with E-state index >= 15 is 0 Å². The Labute approximate surface area is 118 Å². The van der Waals surface area contributed by atoms with Crippen LogP contribution in [0.2, 0.25) is 0 Å². The van der Waals surface area contributed by atoms with Gasteiger partial charge in [0.15, 0.2) is 5.78 Å². The second-order valence-corrected chi connectivity index (χ2v) is 5.24. The Morgan fingerprint density at radius 1 is 1.45 bits per heavy atom. The number of hydrogen-bond acceptors (Lipinski definition) is 3.